The molecule has 1 aromatic rings. The van der Waals surface area contributed by atoms with Gasteiger partial charge in [-0.15, -0.1) is 0 Å². The normalized spacial score (nSPS) is 10.5. The first kappa shape index (κ1) is 22.2. The molecule has 0 saturated heterocycles. The van der Waals surface area contributed by atoms with Crippen molar-refractivity contribution in [2.75, 3.05) is 6.54 Å². The molecule has 0 aliphatic heterocycles. The Morgan fingerprint density at radius 2 is 1.62 bits per heavy atom. The Labute approximate surface area is 158 Å². The number of nitrogens with one attached hydrogen (secondary N) is 1. The molecule has 0 heterocycles. The number of esters is 1. The standard InChI is InChI=1S/C22H34NO3/c1-2-3-4-5-6-7-12-17-21(24)23-19-14-9-13-18-22(25)26-20-15-10-8-11-16-20/h8,10-11,15H,2-7,9,12-14,17-19H2,1H3,(H,23,24). The van der Waals surface area contributed by atoms with Crippen LogP contribution >= 0.6 is 0 Å². The van der Waals surface area contributed by atoms with E-state index in [1.165, 1.54) is 32.1 Å². The van der Waals surface area contributed by atoms with E-state index >= 15 is 0 Å². The number of rotatable bonds is 15. The van der Waals surface area contributed by atoms with Crippen molar-refractivity contribution < 1.29 is 14.3 Å². The molecule has 1 amide bonds. The van der Waals surface area contributed by atoms with Crippen LogP contribution in [0.5, 0.6) is 5.75 Å². The Balaban J connectivity index is 1.89. The lowest BCUT2D eigenvalue weighted by atomic mass is 10.1. The number of carbonyl (C=O) groups is 2. The fraction of sp³-hybridized carbons (Fsp3) is 0.636. The van der Waals surface area contributed by atoms with Crippen molar-refractivity contribution in [3.05, 3.63) is 30.3 Å². The van der Waals surface area contributed by atoms with Gasteiger partial charge in [0, 0.05) is 25.5 Å². The Morgan fingerprint density at radius 3 is 2.35 bits per heavy atom. The van der Waals surface area contributed by atoms with Gasteiger partial charge in [0.1, 0.15) is 5.75 Å². The topological polar surface area (TPSA) is 55.4 Å². The third kappa shape index (κ3) is 12.5. The average molecular weight is 361 g/mol. The summed E-state index contributed by atoms with van der Waals surface area (Å²) in [7, 11) is 0. The predicted octanol–water partition coefficient (Wildman–Crippen LogP) is 5.21. The fourth-order valence-electron chi connectivity index (χ4n) is 2.74. The maximum atomic E-state index is 11.7. The van der Waals surface area contributed by atoms with Crippen LogP contribution in [0.15, 0.2) is 24.3 Å². The second kappa shape index (κ2) is 15.4. The molecule has 1 rings (SSSR count). The number of carbonyl (C=O) groups excluding carboxylic acids is 2. The molecule has 0 spiro atoms. The van der Waals surface area contributed by atoms with Gasteiger partial charge in [0.2, 0.25) is 5.91 Å². The van der Waals surface area contributed by atoms with E-state index < -0.39 is 0 Å². The second-order valence-corrected chi connectivity index (χ2v) is 6.73. The van der Waals surface area contributed by atoms with Gasteiger partial charge in [-0.25, -0.2) is 0 Å². The van der Waals surface area contributed by atoms with Crippen molar-refractivity contribution in [2.24, 2.45) is 0 Å². The zero-order valence-electron chi connectivity index (χ0n) is 16.2. The molecule has 0 aliphatic rings. The molecule has 26 heavy (non-hydrogen) atoms. The van der Waals surface area contributed by atoms with Gasteiger partial charge in [0.05, 0.1) is 0 Å². The summed E-state index contributed by atoms with van der Waals surface area (Å²) in [5.41, 5.74) is 0. The van der Waals surface area contributed by atoms with Gasteiger partial charge in [-0.1, -0.05) is 70.1 Å². The quantitative estimate of drug-likeness (QED) is 0.265. The van der Waals surface area contributed by atoms with Gasteiger partial charge >= 0.3 is 5.97 Å². The zero-order chi connectivity index (χ0) is 18.9. The lowest BCUT2D eigenvalue weighted by Crippen LogP contribution is -2.24. The van der Waals surface area contributed by atoms with Crippen LogP contribution in [0, 0.1) is 6.07 Å². The zero-order valence-corrected chi connectivity index (χ0v) is 16.2. The summed E-state index contributed by atoms with van der Waals surface area (Å²) in [5, 5.41) is 2.96. The summed E-state index contributed by atoms with van der Waals surface area (Å²) >= 11 is 0. The highest BCUT2D eigenvalue weighted by atomic mass is 16.5. The Kier molecular flexibility index (Phi) is 13.2. The van der Waals surface area contributed by atoms with E-state index in [4.69, 9.17) is 4.74 Å². The van der Waals surface area contributed by atoms with Crippen LogP contribution in [0.25, 0.3) is 0 Å². The molecule has 0 saturated carbocycles. The molecule has 1 aromatic carbocycles. The lowest BCUT2D eigenvalue weighted by Gasteiger charge is -2.06. The number of unbranched alkanes of at least 4 members (excludes halogenated alkanes) is 8. The lowest BCUT2D eigenvalue weighted by molar-refractivity contribution is -0.134. The number of ether oxygens (including phenoxy) is 1. The molecular weight excluding hydrogens is 326 g/mol. The van der Waals surface area contributed by atoms with Crippen LogP contribution in [-0.2, 0) is 9.59 Å². The van der Waals surface area contributed by atoms with Crippen LogP contribution < -0.4 is 10.1 Å². The molecule has 0 fully saturated rings. The number of hydrogen-bond acceptors (Lipinski definition) is 3. The predicted molar refractivity (Wildman–Crippen MR) is 105 cm³/mol. The summed E-state index contributed by atoms with van der Waals surface area (Å²) in [6.45, 7) is 2.91. The monoisotopic (exact) mass is 360 g/mol. The minimum atomic E-state index is -0.226. The average Bonchev–Trinajstić information content (AvgIpc) is 2.64. The van der Waals surface area contributed by atoms with Gasteiger partial charge in [-0.2, -0.15) is 0 Å². The first-order valence-corrected chi connectivity index (χ1v) is 10.2. The minimum absolute atomic E-state index is 0.151. The highest BCUT2D eigenvalue weighted by Crippen LogP contribution is 2.10. The molecule has 4 nitrogen and oxygen atoms in total. The highest BCUT2D eigenvalue weighted by Gasteiger charge is 2.05. The smallest absolute Gasteiger partial charge is 0.311 e. The summed E-state index contributed by atoms with van der Waals surface area (Å²) < 4.78 is 5.18. The first-order valence-electron chi connectivity index (χ1n) is 10.2. The SMILES string of the molecule is CCCCCCCCCC(=O)NCCCCCC(=O)Oc1[c]cccc1. The van der Waals surface area contributed by atoms with E-state index in [2.05, 4.69) is 18.3 Å². The van der Waals surface area contributed by atoms with E-state index in [9.17, 15) is 9.59 Å². The number of para-hydroxylation sites is 1. The molecule has 0 aromatic heterocycles. The molecule has 145 valence electrons. The Bertz CT molecular complexity index is 487. The van der Waals surface area contributed by atoms with Crippen molar-refractivity contribution in [3.8, 4) is 5.75 Å². The van der Waals surface area contributed by atoms with E-state index in [-0.39, 0.29) is 11.9 Å². The number of amides is 1. The number of benzene rings is 1. The molecular formula is C22H34NO3. The van der Waals surface area contributed by atoms with Gasteiger partial charge in [-0.3, -0.25) is 9.59 Å². The van der Waals surface area contributed by atoms with Crippen molar-refractivity contribution in [1.82, 2.24) is 5.32 Å². The molecule has 0 aliphatic carbocycles. The first-order chi connectivity index (χ1) is 12.7. The van der Waals surface area contributed by atoms with Crippen molar-refractivity contribution in [2.45, 2.75) is 84.0 Å². The van der Waals surface area contributed by atoms with Crippen LogP contribution in [-0.4, -0.2) is 18.4 Å². The molecule has 0 atom stereocenters. The molecule has 0 unspecified atom stereocenters. The summed E-state index contributed by atoms with van der Waals surface area (Å²) in [6.07, 6.45) is 12.2. The summed E-state index contributed by atoms with van der Waals surface area (Å²) in [5.74, 6) is 0.392. The fourth-order valence-corrected chi connectivity index (χ4v) is 2.74. The largest absolute Gasteiger partial charge is 0.426 e. The molecule has 0 bridgehead atoms. The highest BCUT2D eigenvalue weighted by molar-refractivity contribution is 5.75. The van der Waals surface area contributed by atoms with Crippen molar-refractivity contribution in [3.63, 3.8) is 0 Å². The molecule has 1 N–H and O–H groups in total. The number of hydrogen-bond donors (Lipinski definition) is 1. The van der Waals surface area contributed by atoms with Gasteiger partial charge in [0.25, 0.3) is 0 Å². The Morgan fingerprint density at radius 1 is 0.923 bits per heavy atom. The van der Waals surface area contributed by atoms with Crippen molar-refractivity contribution in [1.29, 1.82) is 0 Å². The molecule has 1 radical (unpaired) electrons. The maximum Gasteiger partial charge on any atom is 0.311 e. The van der Waals surface area contributed by atoms with Crippen molar-refractivity contribution >= 4 is 11.9 Å². The van der Waals surface area contributed by atoms with Crippen LogP contribution in [0.4, 0.5) is 0 Å². The van der Waals surface area contributed by atoms with Gasteiger partial charge < -0.3 is 10.1 Å². The third-order valence-electron chi connectivity index (χ3n) is 4.29. The van der Waals surface area contributed by atoms with Gasteiger partial charge in [-0.05, 0) is 25.3 Å². The summed E-state index contributed by atoms with van der Waals surface area (Å²) in [4.78, 5) is 23.4. The van der Waals surface area contributed by atoms with E-state index in [0.717, 1.165) is 32.1 Å². The molecule has 4 heteroatoms. The Hall–Kier alpha value is -1.84. The van der Waals surface area contributed by atoms with Crippen LogP contribution in [0.3, 0.4) is 0 Å². The third-order valence-corrected chi connectivity index (χ3v) is 4.29. The van der Waals surface area contributed by atoms with Crippen LogP contribution in [0.2, 0.25) is 0 Å². The minimum Gasteiger partial charge on any atom is -0.426 e. The second-order valence-electron chi connectivity index (χ2n) is 6.73. The van der Waals surface area contributed by atoms with E-state index in [1.807, 2.05) is 12.1 Å². The van der Waals surface area contributed by atoms with Crippen LogP contribution in [0.1, 0.15) is 84.0 Å². The maximum absolute atomic E-state index is 11.7. The summed E-state index contributed by atoms with van der Waals surface area (Å²) in [6, 6.07) is 9.95. The van der Waals surface area contributed by atoms with E-state index in [0.29, 0.717) is 25.1 Å². The van der Waals surface area contributed by atoms with E-state index in [1.54, 1.807) is 12.1 Å². The van der Waals surface area contributed by atoms with Gasteiger partial charge in [0.15, 0.2) is 0 Å².